The zero-order valence-corrected chi connectivity index (χ0v) is 12.2. The number of halogens is 2. The molecule has 0 amide bonds. The van der Waals surface area contributed by atoms with Gasteiger partial charge in [-0.3, -0.25) is 4.55 Å². The number of benzene rings is 2. The number of phenols is 2. The summed E-state index contributed by atoms with van der Waals surface area (Å²) in [6.07, 6.45) is 0. The van der Waals surface area contributed by atoms with E-state index in [-0.39, 0.29) is 10.0 Å². The van der Waals surface area contributed by atoms with Gasteiger partial charge in [0.05, 0.1) is 5.02 Å². The van der Waals surface area contributed by atoms with Crippen molar-refractivity contribution in [2.45, 2.75) is 4.90 Å². The van der Waals surface area contributed by atoms with E-state index in [1.807, 2.05) is 6.07 Å². The summed E-state index contributed by atoms with van der Waals surface area (Å²) < 4.78 is 29.9. The van der Waals surface area contributed by atoms with E-state index in [4.69, 9.17) is 38.0 Å². The van der Waals surface area contributed by atoms with Crippen LogP contribution in [-0.4, -0.2) is 23.2 Å². The van der Waals surface area contributed by atoms with Crippen LogP contribution in [0.15, 0.2) is 47.4 Å². The molecule has 0 radical (unpaired) electrons. The largest absolute Gasteiger partial charge is 0.508 e. The van der Waals surface area contributed by atoms with E-state index in [1.165, 1.54) is 0 Å². The third kappa shape index (κ3) is 4.90. The Balaban J connectivity index is 0.000000240. The summed E-state index contributed by atoms with van der Waals surface area (Å²) in [5.41, 5.74) is 0. The Morgan fingerprint density at radius 1 is 0.950 bits per heavy atom. The number of hydrogen-bond donors (Lipinski definition) is 3. The molecule has 3 N–H and O–H groups in total. The fourth-order valence-electron chi connectivity index (χ4n) is 1.17. The molecule has 8 heteroatoms. The predicted octanol–water partition coefficient (Wildman–Crippen LogP) is 3.34. The minimum Gasteiger partial charge on any atom is -0.508 e. The zero-order valence-electron chi connectivity index (χ0n) is 9.86. The molecule has 2 rings (SSSR count). The first kappa shape index (κ1) is 16.6. The molecule has 20 heavy (non-hydrogen) atoms. The van der Waals surface area contributed by atoms with Gasteiger partial charge in [0.15, 0.2) is 5.75 Å². The van der Waals surface area contributed by atoms with Gasteiger partial charge in [-0.1, -0.05) is 41.4 Å². The first-order chi connectivity index (χ1) is 9.21. The van der Waals surface area contributed by atoms with Crippen molar-refractivity contribution >= 4 is 33.3 Å². The molecule has 0 aliphatic rings. The monoisotopic (exact) mass is 336 g/mol. The van der Waals surface area contributed by atoms with Crippen LogP contribution in [0.25, 0.3) is 0 Å². The first-order valence-corrected chi connectivity index (χ1v) is 7.31. The smallest absolute Gasteiger partial charge is 0.298 e. The van der Waals surface area contributed by atoms with Gasteiger partial charge in [0, 0.05) is 5.02 Å². The predicted molar refractivity (Wildman–Crippen MR) is 76.0 cm³/mol. The standard InChI is InChI=1S/C6H4Cl2O4S.C6H6O/c7-3-1-4(8)6(9)5(2-3)13(10,11)12;7-6-4-2-1-3-5-6/h1-2,9H,(H,10,11,12);1-5,7H. The van der Waals surface area contributed by atoms with Crippen LogP contribution in [0.5, 0.6) is 11.5 Å². The topological polar surface area (TPSA) is 94.8 Å². The molecule has 108 valence electrons. The van der Waals surface area contributed by atoms with E-state index in [9.17, 15) is 8.42 Å². The number of aromatic hydroxyl groups is 2. The van der Waals surface area contributed by atoms with Gasteiger partial charge in [-0.25, -0.2) is 0 Å². The minimum absolute atomic E-state index is 0.00965. The summed E-state index contributed by atoms with van der Waals surface area (Å²) in [5, 5.41) is 17.5. The number of rotatable bonds is 1. The van der Waals surface area contributed by atoms with E-state index < -0.39 is 20.8 Å². The van der Waals surface area contributed by atoms with Crippen LogP contribution < -0.4 is 0 Å². The lowest BCUT2D eigenvalue weighted by molar-refractivity contribution is 0.443. The maximum Gasteiger partial charge on any atom is 0.298 e. The van der Waals surface area contributed by atoms with E-state index in [2.05, 4.69) is 0 Å². The molecule has 2 aromatic rings. The van der Waals surface area contributed by atoms with Gasteiger partial charge in [0.1, 0.15) is 10.6 Å². The average Bonchev–Trinajstić information content (AvgIpc) is 2.34. The van der Waals surface area contributed by atoms with E-state index in [0.29, 0.717) is 5.75 Å². The third-order valence-corrected chi connectivity index (χ3v) is 3.40. The number of phenolic OH excluding ortho intramolecular Hbond substituents is 2. The van der Waals surface area contributed by atoms with Gasteiger partial charge in [0.25, 0.3) is 10.1 Å². The fourth-order valence-corrected chi connectivity index (χ4v) is 2.41. The maximum absolute atomic E-state index is 10.6. The minimum atomic E-state index is -4.50. The van der Waals surface area contributed by atoms with Crippen molar-refractivity contribution in [2.75, 3.05) is 0 Å². The van der Waals surface area contributed by atoms with Gasteiger partial charge >= 0.3 is 0 Å². The highest BCUT2D eigenvalue weighted by Crippen LogP contribution is 2.33. The first-order valence-electron chi connectivity index (χ1n) is 5.11. The van der Waals surface area contributed by atoms with Crippen LogP contribution in [-0.2, 0) is 10.1 Å². The quantitative estimate of drug-likeness (QED) is 0.694. The summed E-state index contributed by atoms with van der Waals surface area (Å²) in [4.78, 5) is -0.704. The molecule has 0 aliphatic heterocycles. The van der Waals surface area contributed by atoms with Gasteiger partial charge in [-0.2, -0.15) is 8.42 Å². The highest BCUT2D eigenvalue weighted by atomic mass is 35.5. The van der Waals surface area contributed by atoms with Gasteiger partial charge < -0.3 is 10.2 Å². The second-order valence-corrected chi connectivity index (χ2v) is 5.78. The van der Waals surface area contributed by atoms with Crippen LogP contribution in [0, 0.1) is 0 Å². The lowest BCUT2D eigenvalue weighted by Crippen LogP contribution is -1.98. The Labute approximate surface area is 125 Å². The Morgan fingerprint density at radius 2 is 1.50 bits per heavy atom. The second kappa shape index (κ2) is 6.81. The van der Waals surface area contributed by atoms with Crippen molar-refractivity contribution in [2.24, 2.45) is 0 Å². The molecule has 0 aliphatic carbocycles. The molecule has 0 spiro atoms. The van der Waals surface area contributed by atoms with Gasteiger partial charge in [-0.05, 0) is 24.3 Å². The van der Waals surface area contributed by atoms with Gasteiger partial charge in [0.2, 0.25) is 0 Å². The molecule has 5 nitrogen and oxygen atoms in total. The third-order valence-electron chi connectivity index (χ3n) is 2.03. The molecular weight excluding hydrogens is 327 g/mol. The van der Waals surface area contributed by atoms with Crippen LogP contribution in [0.1, 0.15) is 0 Å². The molecule has 0 saturated carbocycles. The lowest BCUT2D eigenvalue weighted by Gasteiger charge is -2.03. The Hall–Kier alpha value is -1.47. The normalized spacial score (nSPS) is 10.6. The maximum atomic E-state index is 10.6. The Bertz CT molecular complexity index is 686. The lowest BCUT2D eigenvalue weighted by atomic mass is 10.3. The molecule has 0 fully saturated rings. The summed E-state index contributed by atoms with van der Waals surface area (Å²) in [6.45, 7) is 0. The number of para-hydroxylation sites is 1. The van der Waals surface area contributed by atoms with Crippen molar-refractivity contribution < 1.29 is 23.2 Å². The second-order valence-electron chi connectivity index (χ2n) is 3.54. The highest BCUT2D eigenvalue weighted by molar-refractivity contribution is 7.86. The summed E-state index contributed by atoms with van der Waals surface area (Å²) in [6, 6.07) is 10.8. The zero-order chi connectivity index (χ0) is 15.3. The van der Waals surface area contributed by atoms with E-state index in [1.54, 1.807) is 24.3 Å². The molecule has 0 saturated heterocycles. The molecular formula is C12H10Cl2O5S. The summed E-state index contributed by atoms with van der Waals surface area (Å²) in [7, 11) is -4.50. The van der Waals surface area contributed by atoms with Crippen molar-refractivity contribution in [3.05, 3.63) is 52.5 Å². The fraction of sp³-hybridized carbons (Fsp3) is 0. The molecule has 0 atom stereocenters. The van der Waals surface area contributed by atoms with Crippen molar-refractivity contribution in [1.29, 1.82) is 0 Å². The summed E-state index contributed by atoms with van der Waals surface area (Å²) in [5.74, 6) is -0.393. The van der Waals surface area contributed by atoms with E-state index in [0.717, 1.165) is 12.1 Å². The van der Waals surface area contributed by atoms with Crippen molar-refractivity contribution in [3.8, 4) is 11.5 Å². The van der Waals surface area contributed by atoms with Crippen LogP contribution >= 0.6 is 23.2 Å². The molecule has 0 aromatic heterocycles. The molecule has 0 heterocycles. The van der Waals surface area contributed by atoms with E-state index >= 15 is 0 Å². The van der Waals surface area contributed by atoms with Crippen LogP contribution in [0.3, 0.4) is 0 Å². The highest BCUT2D eigenvalue weighted by Gasteiger charge is 2.18. The number of hydrogen-bond acceptors (Lipinski definition) is 4. The van der Waals surface area contributed by atoms with Crippen LogP contribution in [0.2, 0.25) is 10.0 Å². The molecule has 2 aromatic carbocycles. The van der Waals surface area contributed by atoms with Crippen molar-refractivity contribution in [1.82, 2.24) is 0 Å². The average molecular weight is 337 g/mol. The molecule has 0 unspecified atom stereocenters. The van der Waals surface area contributed by atoms with Crippen molar-refractivity contribution in [3.63, 3.8) is 0 Å². The summed E-state index contributed by atoms with van der Waals surface area (Å²) >= 11 is 10.9. The SMILES string of the molecule is O=S(=O)(O)c1cc(Cl)cc(Cl)c1O.Oc1ccccc1. The van der Waals surface area contributed by atoms with Gasteiger partial charge in [-0.15, -0.1) is 0 Å². The molecule has 0 bridgehead atoms. The Morgan fingerprint density at radius 3 is 1.90 bits per heavy atom. The van der Waals surface area contributed by atoms with Crippen LogP contribution in [0.4, 0.5) is 0 Å². The Kier molecular flexibility index (Phi) is 5.64.